The number of benzene rings is 1. The Morgan fingerprint density at radius 3 is 2.65 bits per heavy atom. The molecule has 0 radical (unpaired) electrons. The molecule has 164 valence electrons. The van der Waals surface area contributed by atoms with E-state index in [-0.39, 0.29) is 11.6 Å². The van der Waals surface area contributed by atoms with Crippen LogP contribution < -0.4 is 10.5 Å². The minimum Gasteiger partial charge on any atom is -0.321 e. The standard InChI is InChI=1S/C24H32N6O/c1-15-12-16(2)19-14-20(24(31)25-21(19)13-15)22(29-11-7-6-8-17(29)3)23-26-27-28-30(23)18-9-4-5-10-18/h12-14,17-18,22H,4-11H2,1-3H3,(H,25,31)/p+1/t17-,22-/m0/s1. The van der Waals surface area contributed by atoms with E-state index in [9.17, 15) is 4.79 Å². The molecule has 1 unspecified atom stereocenters. The summed E-state index contributed by atoms with van der Waals surface area (Å²) in [5, 5.41) is 14.1. The summed E-state index contributed by atoms with van der Waals surface area (Å²) in [5.74, 6) is 0.852. The van der Waals surface area contributed by atoms with Crippen LogP contribution in [0, 0.1) is 13.8 Å². The highest BCUT2D eigenvalue weighted by molar-refractivity contribution is 5.83. The first kappa shape index (κ1) is 20.4. The molecule has 1 saturated carbocycles. The highest BCUT2D eigenvalue weighted by Crippen LogP contribution is 2.31. The van der Waals surface area contributed by atoms with Crippen LogP contribution in [-0.2, 0) is 0 Å². The van der Waals surface area contributed by atoms with E-state index in [0.717, 1.165) is 47.2 Å². The molecule has 0 spiro atoms. The Balaban J connectivity index is 1.69. The molecule has 3 aromatic rings. The second-order valence-electron chi connectivity index (χ2n) is 9.67. The van der Waals surface area contributed by atoms with Crippen LogP contribution in [-0.4, -0.2) is 37.8 Å². The molecule has 1 aliphatic carbocycles. The van der Waals surface area contributed by atoms with E-state index in [1.165, 1.54) is 42.6 Å². The Morgan fingerprint density at radius 1 is 1.10 bits per heavy atom. The maximum atomic E-state index is 13.4. The zero-order valence-electron chi connectivity index (χ0n) is 18.8. The quantitative estimate of drug-likeness (QED) is 0.679. The molecule has 2 aromatic heterocycles. The molecule has 3 atom stereocenters. The number of aromatic nitrogens is 5. The summed E-state index contributed by atoms with van der Waals surface area (Å²) in [5.41, 5.74) is 4.02. The van der Waals surface area contributed by atoms with Crippen molar-refractivity contribution in [2.45, 2.75) is 83.8 Å². The number of pyridine rings is 1. The summed E-state index contributed by atoms with van der Waals surface area (Å²) >= 11 is 0. The molecule has 5 rings (SSSR count). The Morgan fingerprint density at radius 2 is 1.87 bits per heavy atom. The van der Waals surface area contributed by atoms with Gasteiger partial charge in [-0.1, -0.05) is 18.9 Å². The molecule has 2 N–H and O–H groups in total. The van der Waals surface area contributed by atoms with Crippen LogP contribution >= 0.6 is 0 Å². The van der Waals surface area contributed by atoms with Crippen molar-refractivity contribution in [3.05, 3.63) is 51.1 Å². The van der Waals surface area contributed by atoms with E-state index < -0.39 is 0 Å². The molecule has 31 heavy (non-hydrogen) atoms. The first-order valence-corrected chi connectivity index (χ1v) is 11.8. The number of quaternary nitrogens is 1. The van der Waals surface area contributed by atoms with E-state index in [4.69, 9.17) is 0 Å². The van der Waals surface area contributed by atoms with Gasteiger partial charge in [-0.25, -0.2) is 4.68 Å². The molecule has 1 aliphatic heterocycles. The van der Waals surface area contributed by atoms with Crippen LogP contribution in [0.3, 0.4) is 0 Å². The van der Waals surface area contributed by atoms with Crippen LogP contribution in [0.4, 0.5) is 0 Å². The zero-order chi connectivity index (χ0) is 21.5. The fourth-order valence-electron chi connectivity index (χ4n) is 5.85. The Hall–Kier alpha value is -2.54. The van der Waals surface area contributed by atoms with Crippen LogP contribution in [0.15, 0.2) is 23.0 Å². The summed E-state index contributed by atoms with van der Waals surface area (Å²) in [6.45, 7) is 7.52. The topological polar surface area (TPSA) is 80.9 Å². The lowest BCUT2D eigenvalue weighted by Crippen LogP contribution is -3.16. The largest absolute Gasteiger partial charge is 0.321 e. The van der Waals surface area contributed by atoms with Gasteiger partial charge in [0.2, 0.25) is 5.82 Å². The van der Waals surface area contributed by atoms with Gasteiger partial charge < -0.3 is 9.88 Å². The number of tetrazole rings is 1. The van der Waals surface area contributed by atoms with Gasteiger partial charge >= 0.3 is 0 Å². The maximum Gasteiger partial charge on any atom is 0.258 e. The number of aromatic amines is 1. The summed E-state index contributed by atoms with van der Waals surface area (Å²) in [7, 11) is 0. The third-order valence-electron chi connectivity index (χ3n) is 7.46. The molecule has 0 amide bonds. The van der Waals surface area contributed by atoms with E-state index in [0.29, 0.717) is 12.1 Å². The van der Waals surface area contributed by atoms with Crippen molar-refractivity contribution >= 4 is 10.9 Å². The van der Waals surface area contributed by atoms with Gasteiger partial charge in [0.1, 0.15) is 0 Å². The van der Waals surface area contributed by atoms with Crippen LogP contribution in [0.25, 0.3) is 10.9 Å². The average Bonchev–Trinajstić information content (AvgIpc) is 3.42. The summed E-state index contributed by atoms with van der Waals surface area (Å²) in [4.78, 5) is 18.0. The Labute approximate surface area is 182 Å². The fraction of sp³-hybridized carbons (Fsp3) is 0.583. The van der Waals surface area contributed by atoms with E-state index in [1.807, 2.05) is 4.68 Å². The van der Waals surface area contributed by atoms with E-state index >= 15 is 0 Å². The van der Waals surface area contributed by atoms with Crippen molar-refractivity contribution in [1.82, 2.24) is 25.2 Å². The fourth-order valence-corrected chi connectivity index (χ4v) is 5.85. The molecular formula is C24H33N6O+. The van der Waals surface area contributed by atoms with Crippen molar-refractivity contribution in [3.8, 4) is 0 Å². The average molecular weight is 422 g/mol. The minimum absolute atomic E-state index is 0.0197. The smallest absolute Gasteiger partial charge is 0.258 e. The summed E-state index contributed by atoms with van der Waals surface area (Å²) in [6.07, 6.45) is 8.25. The Bertz CT molecular complexity index is 1140. The number of nitrogens with zero attached hydrogens (tertiary/aromatic N) is 4. The van der Waals surface area contributed by atoms with Gasteiger partial charge in [0.15, 0.2) is 6.04 Å². The predicted molar refractivity (Wildman–Crippen MR) is 120 cm³/mol. The van der Waals surface area contributed by atoms with Crippen molar-refractivity contribution in [2.75, 3.05) is 6.54 Å². The van der Waals surface area contributed by atoms with Gasteiger partial charge in [0, 0.05) is 10.9 Å². The monoisotopic (exact) mass is 421 g/mol. The van der Waals surface area contributed by atoms with Gasteiger partial charge in [-0.05, 0) is 86.6 Å². The highest BCUT2D eigenvalue weighted by Gasteiger charge is 2.39. The van der Waals surface area contributed by atoms with Crippen LogP contribution in [0.1, 0.15) is 86.5 Å². The predicted octanol–water partition coefficient (Wildman–Crippen LogP) is 2.79. The van der Waals surface area contributed by atoms with Gasteiger partial charge in [-0.15, -0.1) is 5.10 Å². The molecule has 0 bridgehead atoms. The highest BCUT2D eigenvalue weighted by atomic mass is 16.1. The van der Waals surface area contributed by atoms with E-state index in [2.05, 4.69) is 59.5 Å². The molecule has 2 aliphatic rings. The number of hydrogen-bond acceptors (Lipinski definition) is 4. The third kappa shape index (κ3) is 3.69. The molecule has 1 saturated heterocycles. The van der Waals surface area contributed by atoms with Crippen molar-refractivity contribution in [3.63, 3.8) is 0 Å². The lowest BCUT2D eigenvalue weighted by Gasteiger charge is -2.36. The van der Waals surface area contributed by atoms with Crippen molar-refractivity contribution in [1.29, 1.82) is 0 Å². The second kappa shape index (κ2) is 8.19. The minimum atomic E-state index is -0.153. The van der Waals surface area contributed by atoms with Gasteiger partial charge in [0.05, 0.1) is 24.2 Å². The van der Waals surface area contributed by atoms with Crippen LogP contribution in [0.2, 0.25) is 0 Å². The van der Waals surface area contributed by atoms with E-state index in [1.54, 1.807) is 0 Å². The number of fused-ring (bicyclic) bond motifs is 1. The summed E-state index contributed by atoms with van der Waals surface area (Å²) < 4.78 is 2.04. The number of hydrogen-bond donors (Lipinski definition) is 2. The summed E-state index contributed by atoms with van der Waals surface area (Å²) in [6, 6.07) is 6.99. The van der Waals surface area contributed by atoms with Crippen LogP contribution in [0.5, 0.6) is 0 Å². The number of aryl methyl sites for hydroxylation is 2. The lowest BCUT2D eigenvalue weighted by molar-refractivity contribution is -0.953. The number of nitrogens with one attached hydrogen (secondary N) is 2. The number of rotatable bonds is 4. The molecule has 7 heteroatoms. The molecule has 2 fully saturated rings. The number of likely N-dealkylation sites (tertiary alicyclic amines) is 1. The SMILES string of the molecule is Cc1cc(C)c2cc([C@@H](c3nnnn3C3CCCC3)[NH+]3CCCC[C@@H]3C)c(=O)[nH]c2c1. The third-order valence-corrected chi connectivity index (χ3v) is 7.46. The number of piperidine rings is 1. The maximum absolute atomic E-state index is 13.4. The molecule has 3 heterocycles. The molecule has 1 aromatic carbocycles. The van der Waals surface area contributed by atoms with Gasteiger partial charge in [0.25, 0.3) is 5.56 Å². The van der Waals surface area contributed by atoms with Crippen molar-refractivity contribution < 1.29 is 4.90 Å². The normalized spacial score (nSPS) is 23.5. The number of H-pyrrole nitrogens is 1. The Kier molecular flexibility index (Phi) is 5.38. The zero-order valence-corrected chi connectivity index (χ0v) is 18.8. The first-order chi connectivity index (χ1) is 15.0. The molecular weight excluding hydrogens is 388 g/mol. The lowest BCUT2D eigenvalue weighted by atomic mass is 9.95. The van der Waals surface area contributed by atoms with Gasteiger partial charge in [-0.2, -0.15) is 0 Å². The first-order valence-electron chi connectivity index (χ1n) is 11.8. The van der Waals surface area contributed by atoms with Gasteiger partial charge in [-0.3, -0.25) is 4.79 Å². The second-order valence-corrected chi connectivity index (χ2v) is 9.67. The van der Waals surface area contributed by atoms with Crippen molar-refractivity contribution in [2.24, 2.45) is 0 Å². The molecule has 7 nitrogen and oxygen atoms in total.